The predicted octanol–water partition coefficient (Wildman–Crippen LogP) is 3.38. The Morgan fingerprint density at radius 2 is 2.29 bits per heavy atom. The maximum Gasteiger partial charge on any atom is 0.140 e. The van der Waals surface area contributed by atoms with Crippen LogP contribution in [0.25, 0.3) is 0 Å². The van der Waals surface area contributed by atoms with E-state index in [-0.39, 0.29) is 0 Å². The van der Waals surface area contributed by atoms with E-state index in [9.17, 15) is 0 Å². The lowest BCUT2D eigenvalue weighted by Gasteiger charge is -2.25. The highest BCUT2D eigenvalue weighted by atomic mass is 35.5. The molecule has 94 valence electrons. The van der Waals surface area contributed by atoms with Crippen LogP contribution < -0.4 is 10.1 Å². The summed E-state index contributed by atoms with van der Waals surface area (Å²) in [6.07, 6.45) is 3.45. The van der Waals surface area contributed by atoms with Crippen LogP contribution >= 0.6 is 11.6 Å². The maximum atomic E-state index is 6.29. The van der Waals surface area contributed by atoms with Crippen molar-refractivity contribution in [1.29, 1.82) is 0 Å². The quantitative estimate of drug-likeness (QED) is 0.892. The molecule has 1 aromatic carbocycles. The summed E-state index contributed by atoms with van der Waals surface area (Å²) in [6, 6.07) is 4.27. The van der Waals surface area contributed by atoms with Crippen molar-refractivity contribution in [2.75, 3.05) is 20.2 Å². The van der Waals surface area contributed by atoms with E-state index in [4.69, 9.17) is 16.3 Å². The zero-order valence-electron chi connectivity index (χ0n) is 10.6. The molecule has 0 spiro atoms. The lowest BCUT2D eigenvalue weighted by atomic mass is 9.89. The van der Waals surface area contributed by atoms with Gasteiger partial charge in [-0.25, -0.2) is 0 Å². The Morgan fingerprint density at radius 3 is 2.88 bits per heavy atom. The number of halogens is 1. The first-order valence-electron chi connectivity index (χ1n) is 6.33. The maximum absolute atomic E-state index is 6.29. The largest absolute Gasteiger partial charge is 0.495 e. The molecule has 0 aromatic heterocycles. The van der Waals surface area contributed by atoms with Crippen molar-refractivity contribution >= 4 is 11.6 Å². The van der Waals surface area contributed by atoms with E-state index in [2.05, 4.69) is 18.3 Å². The van der Waals surface area contributed by atoms with Crippen molar-refractivity contribution in [3.63, 3.8) is 0 Å². The Bertz CT molecular complexity index is 386. The lowest BCUT2D eigenvalue weighted by Crippen LogP contribution is -2.28. The van der Waals surface area contributed by atoms with Gasteiger partial charge in [0.2, 0.25) is 0 Å². The molecule has 17 heavy (non-hydrogen) atoms. The summed E-state index contributed by atoms with van der Waals surface area (Å²) in [5.41, 5.74) is 2.56. The van der Waals surface area contributed by atoms with Gasteiger partial charge >= 0.3 is 0 Å². The standard InChI is InChI=1S/C14H20ClNO/c1-3-10-7-12(11-5-4-6-16-9-11)14(17-2)13(15)8-10/h7-8,11,16H,3-6,9H2,1-2H3. The minimum Gasteiger partial charge on any atom is -0.495 e. The fourth-order valence-corrected chi connectivity index (χ4v) is 2.84. The Kier molecular flexibility index (Phi) is 4.30. The molecular weight excluding hydrogens is 234 g/mol. The van der Waals surface area contributed by atoms with Crippen LogP contribution in [0.5, 0.6) is 5.75 Å². The highest BCUT2D eigenvalue weighted by molar-refractivity contribution is 6.32. The van der Waals surface area contributed by atoms with Crippen LogP contribution in [-0.4, -0.2) is 20.2 Å². The van der Waals surface area contributed by atoms with Gasteiger partial charge < -0.3 is 10.1 Å². The van der Waals surface area contributed by atoms with Crippen molar-refractivity contribution in [1.82, 2.24) is 5.32 Å². The van der Waals surface area contributed by atoms with Gasteiger partial charge in [0.1, 0.15) is 5.75 Å². The molecule has 0 bridgehead atoms. The molecule has 1 N–H and O–H groups in total. The van der Waals surface area contributed by atoms with Gasteiger partial charge in [0.05, 0.1) is 12.1 Å². The summed E-state index contributed by atoms with van der Waals surface area (Å²) in [6.45, 7) is 4.31. The Balaban J connectivity index is 2.38. The summed E-state index contributed by atoms with van der Waals surface area (Å²) >= 11 is 6.29. The molecule has 1 unspecified atom stereocenters. The molecule has 1 saturated heterocycles. The normalized spacial score (nSPS) is 20.3. The Labute approximate surface area is 108 Å². The fourth-order valence-electron chi connectivity index (χ4n) is 2.51. The molecule has 0 saturated carbocycles. The van der Waals surface area contributed by atoms with E-state index < -0.39 is 0 Å². The monoisotopic (exact) mass is 253 g/mol. The van der Waals surface area contributed by atoms with Crippen LogP contribution in [0.15, 0.2) is 12.1 Å². The topological polar surface area (TPSA) is 21.3 Å². The average molecular weight is 254 g/mol. The molecule has 1 atom stereocenters. The number of methoxy groups -OCH3 is 1. The highest BCUT2D eigenvalue weighted by Gasteiger charge is 2.21. The third kappa shape index (κ3) is 2.75. The second kappa shape index (κ2) is 5.74. The molecule has 3 heteroatoms. The number of aryl methyl sites for hydroxylation is 1. The number of rotatable bonds is 3. The zero-order valence-corrected chi connectivity index (χ0v) is 11.3. The summed E-state index contributed by atoms with van der Waals surface area (Å²) in [7, 11) is 1.70. The fraction of sp³-hybridized carbons (Fsp3) is 0.571. The van der Waals surface area contributed by atoms with E-state index >= 15 is 0 Å². The molecule has 1 heterocycles. The summed E-state index contributed by atoms with van der Waals surface area (Å²) < 4.78 is 5.47. The third-order valence-electron chi connectivity index (χ3n) is 3.48. The Morgan fingerprint density at radius 1 is 1.47 bits per heavy atom. The van der Waals surface area contributed by atoms with Gasteiger partial charge in [0, 0.05) is 18.0 Å². The van der Waals surface area contributed by atoms with E-state index in [1.807, 2.05) is 6.07 Å². The van der Waals surface area contributed by atoms with E-state index in [0.29, 0.717) is 5.92 Å². The first-order chi connectivity index (χ1) is 8.26. The molecule has 2 nitrogen and oxygen atoms in total. The second-order valence-electron chi connectivity index (χ2n) is 4.60. The molecule has 0 amide bonds. The third-order valence-corrected chi connectivity index (χ3v) is 3.76. The number of benzene rings is 1. The van der Waals surface area contributed by atoms with Gasteiger partial charge in [-0.2, -0.15) is 0 Å². The molecule has 1 aliphatic heterocycles. The summed E-state index contributed by atoms with van der Waals surface area (Å²) in [4.78, 5) is 0. The van der Waals surface area contributed by atoms with Gasteiger partial charge in [0.25, 0.3) is 0 Å². The zero-order chi connectivity index (χ0) is 12.3. The second-order valence-corrected chi connectivity index (χ2v) is 5.00. The summed E-state index contributed by atoms with van der Waals surface area (Å²) in [5.74, 6) is 1.39. The number of nitrogens with one attached hydrogen (secondary N) is 1. The number of hydrogen-bond donors (Lipinski definition) is 1. The van der Waals surface area contributed by atoms with Crippen LogP contribution in [0, 0.1) is 0 Å². The number of piperidine rings is 1. The number of ether oxygens (including phenoxy) is 1. The van der Waals surface area contributed by atoms with Crippen molar-refractivity contribution in [3.05, 3.63) is 28.3 Å². The van der Waals surface area contributed by atoms with Crippen LogP contribution in [0.3, 0.4) is 0 Å². The van der Waals surface area contributed by atoms with Gasteiger partial charge in [-0.05, 0) is 37.4 Å². The first kappa shape index (κ1) is 12.7. The van der Waals surface area contributed by atoms with E-state index in [0.717, 1.165) is 30.3 Å². The van der Waals surface area contributed by atoms with Gasteiger partial charge in [-0.3, -0.25) is 0 Å². The van der Waals surface area contributed by atoms with Gasteiger partial charge in [-0.1, -0.05) is 24.6 Å². The Hall–Kier alpha value is -0.730. The van der Waals surface area contributed by atoms with Crippen LogP contribution in [0.1, 0.15) is 36.8 Å². The van der Waals surface area contributed by atoms with Crippen LogP contribution in [-0.2, 0) is 6.42 Å². The number of hydrogen-bond acceptors (Lipinski definition) is 2. The predicted molar refractivity (Wildman–Crippen MR) is 72.2 cm³/mol. The highest BCUT2D eigenvalue weighted by Crippen LogP contribution is 2.37. The molecule has 1 aromatic rings. The van der Waals surface area contributed by atoms with Crippen molar-refractivity contribution in [2.45, 2.75) is 32.1 Å². The molecule has 0 aliphatic carbocycles. The molecule has 1 fully saturated rings. The molecule has 0 radical (unpaired) electrons. The van der Waals surface area contributed by atoms with Gasteiger partial charge in [0.15, 0.2) is 0 Å². The lowest BCUT2D eigenvalue weighted by molar-refractivity contribution is 0.392. The smallest absolute Gasteiger partial charge is 0.140 e. The van der Waals surface area contributed by atoms with Gasteiger partial charge in [-0.15, -0.1) is 0 Å². The summed E-state index contributed by atoms with van der Waals surface area (Å²) in [5, 5.41) is 4.19. The minimum atomic E-state index is 0.530. The molecule has 2 rings (SSSR count). The van der Waals surface area contributed by atoms with Crippen LogP contribution in [0.2, 0.25) is 5.02 Å². The van der Waals surface area contributed by atoms with Crippen molar-refractivity contribution < 1.29 is 4.74 Å². The minimum absolute atomic E-state index is 0.530. The van der Waals surface area contributed by atoms with Crippen molar-refractivity contribution in [3.8, 4) is 5.75 Å². The van der Waals surface area contributed by atoms with Crippen LogP contribution in [0.4, 0.5) is 0 Å². The first-order valence-corrected chi connectivity index (χ1v) is 6.71. The van der Waals surface area contributed by atoms with E-state index in [1.165, 1.54) is 24.0 Å². The average Bonchev–Trinajstić information content (AvgIpc) is 2.38. The SMILES string of the molecule is CCc1cc(Cl)c(OC)c(C2CCCNC2)c1. The van der Waals surface area contributed by atoms with Crippen molar-refractivity contribution in [2.24, 2.45) is 0 Å². The molecular formula is C14H20ClNO. The molecule has 1 aliphatic rings. The van der Waals surface area contributed by atoms with E-state index in [1.54, 1.807) is 7.11 Å².